The van der Waals surface area contributed by atoms with Crippen molar-refractivity contribution in [1.82, 2.24) is 0 Å². The standard InChI is InChI=1S/C18H39N.CH4O4S/c1-2-3-4-5-6-7-8-9-10-11-12-13-14-15-16-17-18-19;1-5-6(2,3)4/h2-19H2,1H3;1H3,(H,2,3,4). The van der Waals surface area contributed by atoms with E-state index in [0.717, 1.165) is 13.7 Å². The van der Waals surface area contributed by atoms with Gasteiger partial charge in [0, 0.05) is 0 Å². The number of hydrogen-bond donors (Lipinski definition) is 1. The lowest BCUT2D eigenvalue weighted by atomic mass is 10.0. The molecule has 0 aliphatic heterocycles. The average molecular weight is 382 g/mol. The summed E-state index contributed by atoms with van der Waals surface area (Å²) < 4.78 is 31.0. The molecular formula is C19H43NO4S. The first-order valence-corrected chi connectivity index (χ1v) is 11.6. The molecular weight excluding hydrogens is 338 g/mol. The second-order valence-electron chi connectivity index (χ2n) is 6.73. The van der Waals surface area contributed by atoms with Crippen molar-refractivity contribution in [2.45, 2.75) is 110 Å². The summed E-state index contributed by atoms with van der Waals surface area (Å²) >= 11 is 0. The number of rotatable bonds is 17. The molecule has 0 spiro atoms. The quantitative estimate of drug-likeness (QED) is 0.227. The van der Waals surface area contributed by atoms with E-state index in [1.807, 2.05) is 0 Å². The summed E-state index contributed by atoms with van der Waals surface area (Å²) in [6.45, 7) is 3.42. The molecule has 0 saturated carbocycles. The first kappa shape index (κ1) is 27.1. The summed E-state index contributed by atoms with van der Waals surface area (Å²) in [4.78, 5) is 0. The van der Waals surface area contributed by atoms with Gasteiger partial charge in [-0.3, -0.25) is 4.18 Å². The highest BCUT2D eigenvalue weighted by molar-refractivity contribution is 7.80. The first-order chi connectivity index (χ1) is 12.0. The van der Waals surface area contributed by atoms with E-state index < -0.39 is 10.4 Å². The molecule has 0 unspecified atom stereocenters. The molecule has 0 aliphatic rings. The van der Waals surface area contributed by atoms with Crippen LogP contribution >= 0.6 is 0 Å². The summed E-state index contributed by atoms with van der Waals surface area (Å²) in [7, 11) is -3.60. The summed E-state index contributed by atoms with van der Waals surface area (Å²) in [5, 5.41) is 0. The molecule has 0 aromatic heterocycles. The minimum atomic E-state index is -4.41. The molecule has 0 rings (SSSR count). The van der Waals surface area contributed by atoms with E-state index >= 15 is 0 Å². The largest absolute Gasteiger partial charge is 0.726 e. The van der Waals surface area contributed by atoms with E-state index in [2.05, 4.69) is 16.8 Å². The first-order valence-electron chi connectivity index (χ1n) is 10.3. The van der Waals surface area contributed by atoms with Crippen LogP contribution in [0, 0.1) is 0 Å². The predicted molar refractivity (Wildman–Crippen MR) is 104 cm³/mol. The third-order valence-corrected chi connectivity index (χ3v) is 4.72. The van der Waals surface area contributed by atoms with Gasteiger partial charge in [-0.2, -0.15) is 0 Å². The van der Waals surface area contributed by atoms with Crippen molar-refractivity contribution in [3.8, 4) is 0 Å². The Morgan fingerprint density at radius 1 is 0.680 bits per heavy atom. The van der Waals surface area contributed by atoms with Crippen LogP contribution < -0.4 is 5.73 Å². The van der Waals surface area contributed by atoms with Crippen LogP contribution in [0.25, 0.3) is 0 Å². The molecule has 3 N–H and O–H groups in total. The van der Waals surface area contributed by atoms with E-state index in [0.29, 0.717) is 0 Å². The Hall–Kier alpha value is -0.170. The van der Waals surface area contributed by atoms with E-state index in [1.165, 1.54) is 103 Å². The average Bonchev–Trinajstić information content (AvgIpc) is 2.58. The minimum Gasteiger partial charge on any atom is -0.726 e. The Balaban J connectivity index is 0. The molecule has 5 nitrogen and oxygen atoms in total. The molecule has 0 aromatic carbocycles. The second kappa shape index (κ2) is 21.9. The van der Waals surface area contributed by atoms with E-state index in [9.17, 15) is 13.0 Å². The highest BCUT2D eigenvalue weighted by Crippen LogP contribution is 2.13. The predicted octanol–water partition coefficient (Wildman–Crippen LogP) is 4.58. The van der Waals surface area contributed by atoms with Gasteiger partial charge in [-0.25, -0.2) is 8.42 Å². The number of hydrogen-bond acceptors (Lipinski definition) is 4. The lowest BCUT2D eigenvalue weighted by Gasteiger charge is -2.03. The highest BCUT2D eigenvalue weighted by atomic mass is 32.3. The van der Waals surface area contributed by atoms with Gasteiger partial charge in [0.1, 0.15) is 0 Å². The van der Waals surface area contributed by atoms with Crippen LogP contribution in [0.4, 0.5) is 0 Å². The van der Waals surface area contributed by atoms with E-state index in [-0.39, 0.29) is 0 Å². The summed E-state index contributed by atoms with van der Waals surface area (Å²) in [5.74, 6) is 0. The second-order valence-corrected chi connectivity index (χ2v) is 7.88. The third-order valence-electron chi connectivity index (χ3n) is 4.31. The monoisotopic (exact) mass is 381 g/mol. The van der Waals surface area contributed by atoms with Gasteiger partial charge < -0.3 is 10.3 Å². The van der Waals surface area contributed by atoms with Crippen molar-refractivity contribution in [2.75, 3.05) is 13.7 Å². The van der Waals surface area contributed by atoms with Gasteiger partial charge in [0.25, 0.3) is 0 Å². The zero-order valence-corrected chi connectivity index (χ0v) is 17.6. The maximum absolute atomic E-state index is 9.22. The minimum absolute atomic E-state index is 0.808. The molecule has 0 fully saturated rings. The van der Waals surface area contributed by atoms with Crippen molar-refractivity contribution < 1.29 is 22.9 Å². The summed E-state index contributed by atoms with van der Waals surface area (Å²) in [6, 6.07) is 0. The van der Waals surface area contributed by atoms with Crippen LogP contribution in [0.1, 0.15) is 110 Å². The van der Waals surface area contributed by atoms with Crippen LogP contribution in [0.3, 0.4) is 0 Å². The highest BCUT2D eigenvalue weighted by Gasteiger charge is 1.94. The van der Waals surface area contributed by atoms with Crippen LogP contribution in [-0.4, -0.2) is 26.6 Å². The Kier molecular flexibility index (Phi) is 23.7. The topological polar surface area (TPSA) is 94.1 Å². The van der Waals surface area contributed by atoms with Crippen molar-refractivity contribution in [1.29, 1.82) is 0 Å². The fourth-order valence-electron chi connectivity index (χ4n) is 2.72. The van der Waals surface area contributed by atoms with Crippen LogP contribution in [0.5, 0.6) is 0 Å². The molecule has 25 heavy (non-hydrogen) atoms. The van der Waals surface area contributed by atoms with Crippen LogP contribution in [0.15, 0.2) is 0 Å². The maximum Gasteiger partial charge on any atom is 0.217 e. The molecule has 0 heterocycles. The zero-order valence-electron chi connectivity index (χ0n) is 16.8. The Morgan fingerprint density at radius 3 is 1.12 bits per heavy atom. The van der Waals surface area contributed by atoms with Crippen molar-refractivity contribution in [2.24, 2.45) is 0 Å². The maximum atomic E-state index is 9.22. The normalized spacial score (nSPS) is 11.2. The lowest BCUT2D eigenvalue weighted by Crippen LogP contribution is -2.50. The molecule has 0 atom stereocenters. The summed E-state index contributed by atoms with van der Waals surface area (Å²) in [6.07, 6.45) is 23.2. The van der Waals surface area contributed by atoms with E-state index in [4.69, 9.17) is 0 Å². The molecule has 0 bridgehead atoms. The number of unbranched alkanes of at least 4 members (excludes halogenated alkanes) is 15. The van der Waals surface area contributed by atoms with Gasteiger partial charge in [0.2, 0.25) is 10.4 Å². The molecule has 0 aromatic rings. The number of quaternary nitrogens is 1. The molecule has 0 aliphatic carbocycles. The third kappa shape index (κ3) is 32.0. The Bertz CT molecular complexity index is 318. The van der Waals surface area contributed by atoms with Gasteiger partial charge in [-0.1, -0.05) is 96.8 Å². The molecule has 0 radical (unpaired) electrons. The summed E-state index contributed by atoms with van der Waals surface area (Å²) in [5.41, 5.74) is 3.89. The zero-order chi connectivity index (χ0) is 19.2. The van der Waals surface area contributed by atoms with Crippen LogP contribution in [-0.2, 0) is 14.6 Å². The van der Waals surface area contributed by atoms with Crippen molar-refractivity contribution >= 4 is 10.4 Å². The van der Waals surface area contributed by atoms with E-state index in [1.54, 1.807) is 0 Å². The van der Waals surface area contributed by atoms with Crippen molar-refractivity contribution in [3.05, 3.63) is 0 Å². The fourth-order valence-corrected chi connectivity index (χ4v) is 2.72. The molecule has 0 amide bonds. The fraction of sp³-hybridized carbons (Fsp3) is 1.00. The molecule has 6 heteroatoms. The SMILES string of the molecule is CCCCCCCCCCCCCCCCCC[NH3+].COS(=O)(=O)[O-]. The van der Waals surface area contributed by atoms with Crippen molar-refractivity contribution in [3.63, 3.8) is 0 Å². The van der Waals surface area contributed by atoms with Gasteiger partial charge in [-0.05, 0) is 12.8 Å². The van der Waals surface area contributed by atoms with Gasteiger partial charge in [0.15, 0.2) is 0 Å². The van der Waals surface area contributed by atoms with Crippen LogP contribution in [0.2, 0.25) is 0 Å². The Labute approximate surface area is 157 Å². The van der Waals surface area contributed by atoms with Gasteiger partial charge in [-0.15, -0.1) is 0 Å². The van der Waals surface area contributed by atoms with Gasteiger partial charge in [0.05, 0.1) is 13.7 Å². The van der Waals surface area contributed by atoms with Gasteiger partial charge >= 0.3 is 0 Å². The Morgan fingerprint density at radius 2 is 0.920 bits per heavy atom. The molecule has 154 valence electrons. The smallest absolute Gasteiger partial charge is 0.217 e. The molecule has 0 saturated heterocycles. The lowest BCUT2D eigenvalue weighted by molar-refractivity contribution is -0.368.